The van der Waals surface area contributed by atoms with Crippen LogP contribution >= 0.6 is 46.6 Å². The van der Waals surface area contributed by atoms with Gasteiger partial charge in [0.05, 0.1) is 5.75 Å². The zero-order chi connectivity index (χ0) is 26.8. The number of nitrogens with one attached hydrogen (secondary N) is 1. The Morgan fingerprint density at radius 3 is 2.30 bits per heavy atom. The first kappa shape index (κ1) is 29.4. The molecule has 3 aromatic carbocycles. The van der Waals surface area contributed by atoms with E-state index in [1.807, 2.05) is 68.4 Å². The van der Waals surface area contributed by atoms with Gasteiger partial charge in [-0.1, -0.05) is 96.3 Å². The minimum atomic E-state index is -0.695. The van der Waals surface area contributed by atoms with Gasteiger partial charge in [-0.3, -0.25) is 9.59 Å². The molecule has 3 aromatic rings. The fourth-order valence-electron chi connectivity index (χ4n) is 3.78. The summed E-state index contributed by atoms with van der Waals surface area (Å²) in [6.45, 7) is 4.21. The average molecular weight is 578 g/mol. The second kappa shape index (κ2) is 14.7. The number of thioether (sulfide) groups is 1. The highest BCUT2D eigenvalue weighted by Crippen LogP contribution is 2.26. The predicted octanol–water partition coefficient (Wildman–Crippen LogP) is 7.43. The van der Waals surface area contributed by atoms with Gasteiger partial charge in [0, 0.05) is 39.8 Å². The summed E-state index contributed by atoms with van der Waals surface area (Å²) < 4.78 is 0. The van der Waals surface area contributed by atoms with Gasteiger partial charge in [0.15, 0.2) is 0 Å². The number of rotatable bonds is 12. The van der Waals surface area contributed by atoms with E-state index in [-0.39, 0.29) is 30.2 Å². The molecule has 0 saturated carbocycles. The maximum absolute atomic E-state index is 13.7. The van der Waals surface area contributed by atoms with E-state index in [0.29, 0.717) is 27.2 Å². The van der Waals surface area contributed by atoms with E-state index in [9.17, 15) is 9.59 Å². The summed E-state index contributed by atoms with van der Waals surface area (Å²) in [4.78, 5) is 28.9. The van der Waals surface area contributed by atoms with E-state index < -0.39 is 6.04 Å². The van der Waals surface area contributed by atoms with Crippen molar-refractivity contribution in [3.05, 3.63) is 105 Å². The highest BCUT2D eigenvalue weighted by molar-refractivity contribution is 7.99. The van der Waals surface area contributed by atoms with Crippen molar-refractivity contribution >= 4 is 58.4 Å². The van der Waals surface area contributed by atoms with Crippen LogP contribution in [0.15, 0.2) is 72.8 Å². The first-order chi connectivity index (χ1) is 17.8. The molecule has 0 spiro atoms. The first-order valence-electron chi connectivity index (χ1n) is 12.2. The SMILES string of the molecule is CC[C@H](C)NC(=O)[C@H](Cc1ccccc1)N(Cc1ccccc1Cl)C(=O)CSCc1ccc(Cl)cc1Cl. The number of hydrogen-bond donors (Lipinski definition) is 1. The summed E-state index contributed by atoms with van der Waals surface area (Å²) in [7, 11) is 0. The number of carbonyl (C=O) groups is 2. The summed E-state index contributed by atoms with van der Waals surface area (Å²) in [6, 6.07) is 21.8. The Bertz CT molecular complexity index is 1190. The van der Waals surface area contributed by atoms with E-state index in [4.69, 9.17) is 34.8 Å². The molecule has 0 saturated heterocycles. The van der Waals surface area contributed by atoms with E-state index in [1.165, 1.54) is 11.8 Å². The summed E-state index contributed by atoms with van der Waals surface area (Å²) in [5, 5.41) is 4.77. The average Bonchev–Trinajstić information content (AvgIpc) is 2.88. The molecule has 196 valence electrons. The smallest absolute Gasteiger partial charge is 0.243 e. The quantitative estimate of drug-likeness (QED) is 0.243. The molecule has 8 heteroatoms. The third-order valence-electron chi connectivity index (χ3n) is 6.07. The highest BCUT2D eigenvalue weighted by atomic mass is 35.5. The fourth-order valence-corrected chi connectivity index (χ4v) is 5.44. The van der Waals surface area contributed by atoms with Gasteiger partial charge >= 0.3 is 0 Å². The van der Waals surface area contributed by atoms with E-state index in [2.05, 4.69) is 5.32 Å². The number of hydrogen-bond acceptors (Lipinski definition) is 3. The molecule has 0 aliphatic carbocycles. The molecular weight excluding hydrogens is 547 g/mol. The second-order valence-corrected chi connectivity index (χ2v) is 11.1. The predicted molar refractivity (Wildman–Crippen MR) is 156 cm³/mol. The Balaban J connectivity index is 1.87. The lowest BCUT2D eigenvalue weighted by atomic mass is 10.0. The van der Waals surface area contributed by atoms with Crippen molar-refractivity contribution in [3.63, 3.8) is 0 Å². The fraction of sp³-hybridized carbons (Fsp3) is 0.310. The van der Waals surface area contributed by atoms with Crippen molar-refractivity contribution in [3.8, 4) is 0 Å². The largest absolute Gasteiger partial charge is 0.352 e. The molecule has 0 fully saturated rings. The number of carbonyl (C=O) groups excluding carboxylic acids is 2. The molecule has 4 nitrogen and oxygen atoms in total. The minimum Gasteiger partial charge on any atom is -0.352 e. The number of halogens is 3. The van der Waals surface area contributed by atoms with Gasteiger partial charge in [0.1, 0.15) is 6.04 Å². The van der Waals surface area contributed by atoms with Gasteiger partial charge < -0.3 is 10.2 Å². The molecule has 0 radical (unpaired) electrons. The van der Waals surface area contributed by atoms with Gasteiger partial charge in [-0.05, 0) is 48.2 Å². The van der Waals surface area contributed by atoms with Crippen LogP contribution in [0, 0.1) is 0 Å². The number of benzene rings is 3. The molecule has 0 unspecified atom stereocenters. The van der Waals surface area contributed by atoms with Crippen LogP contribution in [0.4, 0.5) is 0 Å². The maximum atomic E-state index is 13.7. The van der Waals surface area contributed by atoms with Crippen molar-refractivity contribution in [1.82, 2.24) is 10.2 Å². The molecule has 2 amide bonds. The molecule has 37 heavy (non-hydrogen) atoms. The van der Waals surface area contributed by atoms with Gasteiger partial charge in [-0.15, -0.1) is 11.8 Å². The molecule has 1 N–H and O–H groups in total. The van der Waals surface area contributed by atoms with E-state index in [1.54, 1.807) is 23.1 Å². The molecule has 0 aliphatic heterocycles. The number of amides is 2. The first-order valence-corrected chi connectivity index (χ1v) is 14.5. The van der Waals surface area contributed by atoms with Crippen molar-refractivity contribution in [2.75, 3.05) is 5.75 Å². The van der Waals surface area contributed by atoms with Crippen LogP contribution in [0.3, 0.4) is 0 Å². The van der Waals surface area contributed by atoms with Crippen LogP contribution < -0.4 is 5.32 Å². The zero-order valence-electron chi connectivity index (χ0n) is 20.9. The van der Waals surface area contributed by atoms with Gasteiger partial charge in [-0.25, -0.2) is 0 Å². The molecule has 2 atom stereocenters. The van der Waals surface area contributed by atoms with Crippen molar-refractivity contribution < 1.29 is 9.59 Å². The molecule has 0 aliphatic rings. The van der Waals surface area contributed by atoms with Gasteiger partial charge in [-0.2, -0.15) is 0 Å². The topological polar surface area (TPSA) is 49.4 Å². The van der Waals surface area contributed by atoms with Crippen LogP contribution in [0.2, 0.25) is 15.1 Å². The molecular formula is C29H31Cl3N2O2S. The summed E-state index contributed by atoms with van der Waals surface area (Å²) in [5.41, 5.74) is 2.67. The summed E-state index contributed by atoms with van der Waals surface area (Å²) in [5.74, 6) is 0.412. The Morgan fingerprint density at radius 1 is 0.919 bits per heavy atom. The lowest BCUT2D eigenvalue weighted by molar-refractivity contribution is -0.139. The number of nitrogens with zero attached hydrogens (tertiary/aromatic N) is 1. The maximum Gasteiger partial charge on any atom is 0.243 e. The lowest BCUT2D eigenvalue weighted by Gasteiger charge is -2.32. The van der Waals surface area contributed by atoms with E-state index in [0.717, 1.165) is 23.1 Å². The Morgan fingerprint density at radius 2 is 1.62 bits per heavy atom. The second-order valence-electron chi connectivity index (χ2n) is 8.86. The third-order valence-corrected chi connectivity index (χ3v) is 7.99. The van der Waals surface area contributed by atoms with Gasteiger partial charge in [0.2, 0.25) is 11.8 Å². The van der Waals surface area contributed by atoms with Crippen molar-refractivity contribution in [1.29, 1.82) is 0 Å². The Kier molecular flexibility index (Phi) is 11.7. The van der Waals surface area contributed by atoms with Crippen LogP contribution in [-0.2, 0) is 28.3 Å². The van der Waals surface area contributed by atoms with Crippen LogP contribution in [-0.4, -0.2) is 34.6 Å². The Labute approximate surface area is 238 Å². The Hall–Kier alpha value is -2.18. The monoisotopic (exact) mass is 576 g/mol. The molecule has 0 heterocycles. The normalized spacial score (nSPS) is 12.6. The summed E-state index contributed by atoms with van der Waals surface area (Å²) in [6.07, 6.45) is 1.19. The van der Waals surface area contributed by atoms with Crippen LogP contribution in [0.25, 0.3) is 0 Å². The molecule has 0 aromatic heterocycles. The molecule has 0 bridgehead atoms. The lowest BCUT2D eigenvalue weighted by Crippen LogP contribution is -2.52. The summed E-state index contributed by atoms with van der Waals surface area (Å²) >= 11 is 20.2. The minimum absolute atomic E-state index is 0.00976. The van der Waals surface area contributed by atoms with Crippen molar-refractivity contribution in [2.24, 2.45) is 0 Å². The standard InChI is InChI=1S/C29H31Cl3N2O2S/c1-3-20(2)33-29(36)27(15-21-9-5-4-6-10-21)34(17-22-11-7-8-12-25(22)31)28(35)19-37-18-23-13-14-24(30)16-26(23)32/h4-14,16,20,27H,3,15,17-19H2,1-2H3,(H,33,36)/t20-,27-/m0/s1. The van der Waals surface area contributed by atoms with Crippen LogP contribution in [0.1, 0.15) is 37.0 Å². The van der Waals surface area contributed by atoms with E-state index >= 15 is 0 Å². The highest BCUT2D eigenvalue weighted by Gasteiger charge is 2.31. The zero-order valence-corrected chi connectivity index (χ0v) is 24.0. The van der Waals surface area contributed by atoms with Gasteiger partial charge in [0.25, 0.3) is 0 Å². The van der Waals surface area contributed by atoms with Crippen LogP contribution in [0.5, 0.6) is 0 Å². The van der Waals surface area contributed by atoms with Crippen molar-refractivity contribution in [2.45, 2.75) is 51.1 Å². The third kappa shape index (κ3) is 8.96. The molecule has 3 rings (SSSR count).